The van der Waals surface area contributed by atoms with Crippen LogP contribution in [0.3, 0.4) is 0 Å². The normalized spacial score (nSPS) is 10.8. The van der Waals surface area contributed by atoms with Crippen LogP contribution in [0.25, 0.3) is 0 Å². The predicted molar refractivity (Wildman–Crippen MR) is 79.1 cm³/mol. The Labute approximate surface area is 120 Å². The largest absolute Gasteiger partial charge is 0.279 e. The molecule has 0 aliphatic carbocycles. The Bertz CT molecular complexity index is 545. The van der Waals surface area contributed by atoms with Gasteiger partial charge < -0.3 is 0 Å². The molecule has 0 spiro atoms. The van der Waals surface area contributed by atoms with Gasteiger partial charge in [-0.05, 0) is 48.0 Å². The molecule has 0 saturated heterocycles. The molecule has 0 atom stereocenters. The van der Waals surface area contributed by atoms with Gasteiger partial charge in [-0.3, -0.25) is 5.43 Å². The van der Waals surface area contributed by atoms with Crippen molar-refractivity contribution in [2.24, 2.45) is 5.10 Å². The summed E-state index contributed by atoms with van der Waals surface area (Å²) in [6, 6.07) is 12.5. The monoisotopic (exact) mass is 298 g/mol. The molecular formula is C13H9Cl3N2. The van der Waals surface area contributed by atoms with Gasteiger partial charge in [0.2, 0.25) is 0 Å². The smallest absolute Gasteiger partial charge is 0.0562 e. The standard InChI is InChI=1S/C13H9Cl3N2/c14-10-1-3-13(4-2-10)18-17-8-9-5-11(15)7-12(16)6-9/h1-8,18H/b17-8+. The Hall–Kier alpha value is -1.22. The van der Waals surface area contributed by atoms with Gasteiger partial charge >= 0.3 is 0 Å². The predicted octanol–water partition coefficient (Wildman–Crippen LogP) is 5.09. The molecule has 5 heteroatoms. The topological polar surface area (TPSA) is 24.4 Å². The fourth-order valence-corrected chi connectivity index (χ4v) is 2.02. The number of anilines is 1. The third kappa shape index (κ3) is 3.91. The van der Waals surface area contributed by atoms with E-state index in [-0.39, 0.29) is 0 Å². The maximum atomic E-state index is 5.88. The van der Waals surface area contributed by atoms with Gasteiger partial charge in [0.05, 0.1) is 11.9 Å². The van der Waals surface area contributed by atoms with Crippen molar-refractivity contribution in [1.29, 1.82) is 0 Å². The molecule has 92 valence electrons. The van der Waals surface area contributed by atoms with E-state index >= 15 is 0 Å². The molecule has 2 aromatic carbocycles. The summed E-state index contributed by atoms with van der Waals surface area (Å²) in [6.07, 6.45) is 1.65. The molecule has 2 rings (SSSR count). The number of halogens is 3. The van der Waals surface area contributed by atoms with E-state index in [2.05, 4.69) is 10.5 Å². The van der Waals surface area contributed by atoms with Crippen molar-refractivity contribution in [2.45, 2.75) is 0 Å². The second-order valence-corrected chi connectivity index (χ2v) is 4.89. The minimum Gasteiger partial charge on any atom is -0.279 e. The highest BCUT2D eigenvalue weighted by Crippen LogP contribution is 2.18. The molecular weight excluding hydrogens is 291 g/mol. The van der Waals surface area contributed by atoms with Crippen LogP contribution in [0.1, 0.15) is 5.56 Å². The van der Waals surface area contributed by atoms with E-state index in [4.69, 9.17) is 34.8 Å². The van der Waals surface area contributed by atoms with E-state index in [1.165, 1.54) is 0 Å². The number of hydrazone groups is 1. The molecule has 0 bridgehead atoms. The lowest BCUT2D eigenvalue weighted by molar-refractivity contribution is 1.35. The van der Waals surface area contributed by atoms with Crippen molar-refractivity contribution >= 4 is 46.7 Å². The van der Waals surface area contributed by atoms with E-state index in [0.717, 1.165) is 11.3 Å². The quantitative estimate of drug-likeness (QED) is 0.619. The number of rotatable bonds is 3. The highest BCUT2D eigenvalue weighted by molar-refractivity contribution is 6.35. The SMILES string of the molecule is Clc1ccc(N/N=C/c2cc(Cl)cc(Cl)c2)cc1. The van der Waals surface area contributed by atoms with Gasteiger partial charge in [0, 0.05) is 15.1 Å². The fraction of sp³-hybridized carbons (Fsp3) is 0. The lowest BCUT2D eigenvalue weighted by Crippen LogP contribution is -1.90. The summed E-state index contributed by atoms with van der Waals surface area (Å²) in [5.74, 6) is 0. The minimum absolute atomic E-state index is 0.579. The van der Waals surface area contributed by atoms with E-state index in [1.807, 2.05) is 12.1 Å². The molecule has 0 aliphatic rings. The average molecular weight is 300 g/mol. The van der Waals surface area contributed by atoms with Crippen LogP contribution in [-0.2, 0) is 0 Å². The third-order valence-electron chi connectivity index (χ3n) is 2.14. The number of hydrogen-bond donors (Lipinski definition) is 1. The first-order valence-corrected chi connectivity index (χ1v) is 6.27. The zero-order valence-corrected chi connectivity index (χ0v) is 11.5. The van der Waals surface area contributed by atoms with Crippen LogP contribution in [0.5, 0.6) is 0 Å². The highest BCUT2D eigenvalue weighted by Gasteiger charge is 1.95. The van der Waals surface area contributed by atoms with Gasteiger partial charge in [-0.15, -0.1) is 0 Å². The summed E-state index contributed by atoms with van der Waals surface area (Å²) in [5, 5.41) is 5.93. The molecule has 0 heterocycles. The second kappa shape index (κ2) is 6.10. The Morgan fingerprint density at radius 3 is 2.06 bits per heavy atom. The van der Waals surface area contributed by atoms with Crippen LogP contribution in [0.4, 0.5) is 5.69 Å². The summed E-state index contributed by atoms with van der Waals surface area (Å²) in [4.78, 5) is 0. The lowest BCUT2D eigenvalue weighted by Gasteiger charge is -2.00. The fourth-order valence-electron chi connectivity index (χ4n) is 1.36. The van der Waals surface area contributed by atoms with Crippen LogP contribution < -0.4 is 5.43 Å². The van der Waals surface area contributed by atoms with E-state index in [0.29, 0.717) is 15.1 Å². The molecule has 0 amide bonds. The van der Waals surface area contributed by atoms with Gasteiger partial charge in [-0.25, -0.2) is 0 Å². The molecule has 0 aliphatic heterocycles. The number of hydrogen-bond acceptors (Lipinski definition) is 2. The summed E-state index contributed by atoms with van der Waals surface area (Å²) in [7, 11) is 0. The summed E-state index contributed by atoms with van der Waals surface area (Å²) in [6.45, 7) is 0. The third-order valence-corrected chi connectivity index (χ3v) is 2.82. The molecule has 2 nitrogen and oxygen atoms in total. The van der Waals surface area contributed by atoms with Gasteiger partial charge in [-0.1, -0.05) is 34.8 Å². The summed E-state index contributed by atoms with van der Waals surface area (Å²) >= 11 is 17.5. The Kier molecular flexibility index (Phi) is 4.48. The van der Waals surface area contributed by atoms with E-state index < -0.39 is 0 Å². The van der Waals surface area contributed by atoms with Gasteiger partial charge in [0.25, 0.3) is 0 Å². The Balaban J connectivity index is 2.05. The van der Waals surface area contributed by atoms with Gasteiger partial charge in [0.15, 0.2) is 0 Å². The molecule has 2 aromatic rings. The van der Waals surface area contributed by atoms with Crippen LogP contribution in [0.2, 0.25) is 15.1 Å². The summed E-state index contributed by atoms with van der Waals surface area (Å²) < 4.78 is 0. The molecule has 0 aromatic heterocycles. The number of nitrogens with zero attached hydrogens (tertiary/aromatic N) is 1. The lowest BCUT2D eigenvalue weighted by atomic mass is 10.2. The number of benzene rings is 2. The summed E-state index contributed by atoms with van der Waals surface area (Å²) in [5.41, 5.74) is 4.56. The molecule has 1 N–H and O–H groups in total. The first kappa shape index (κ1) is 13.2. The maximum absolute atomic E-state index is 5.88. The minimum atomic E-state index is 0.579. The zero-order valence-electron chi connectivity index (χ0n) is 9.20. The highest BCUT2D eigenvalue weighted by atomic mass is 35.5. The first-order valence-electron chi connectivity index (χ1n) is 5.14. The average Bonchev–Trinajstić information content (AvgIpc) is 2.30. The van der Waals surface area contributed by atoms with Gasteiger partial charge in [0.1, 0.15) is 0 Å². The molecule has 0 fully saturated rings. The molecule has 0 unspecified atom stereocenters. The van der Waals surface area contributed by atoms with Gasteiger partial charge in [-0.2, -0.15) is 5.10 Å². The van der Waals surface area contributed by atoms with Crippen LogP contribution in [0, 0.1) is 0 Å². The molecule has 0 saturated carbocycles. The van der Waals surface area contributed by atoms with Crippen molar-refractivity contribution in [3.63, 3.8) is 0 Å². The van der Waals surface area contributed by atoms with Crippen molar-refractivity contribution in [1.82, 2.24) is 0 Å². The first-order chi connectivity index (χ1) is 8.63. The van der Waals surface area contributed by atoms with Crippen molar-refractivity contribution in [3.05, 3.63) is 63.1 Å². The van der Waals surface area contributed by atoms with Crippen molar-refractivity contribution in [2.75, 3.05) is 5.43 Å². The molecule has 0 radical (unpaired) electrons. The van der Waals surface area contributed by atoms with Crippen LogP contribution in [0.15, 0.2) is 47.6 Å². The van der Waals surface area contributed by atoms with E-state index in [1.54, 1.807) is 36.5 Å². The number of nitrogens with one attached hydrogen (secondary N) is 1. The van der Waals surface area contributed by atoms with Crippen LogP contribution in [-0.4, -0.2) is 6.21 Å². The Morgan fingerprint density at radius 1 is 0.833 bits per heavy atom. The molecule has 18 heavy (non-hydrogen) atoms. The Morgan fingerprint density at radius 2 is 1.44 bits per heavy atom. The van der Waals surface area contributed by atoms with Crippen molar-refractivity contribution < 1.29 is 0 Å². The van der Waals surface area contributed by atoms with Crippen LogP contribution >= 0.6 is 34.8 Å². The van der Waals surface area contributed by atoms with E-state index in [9.17, 15) is 0 Å². The maximum Gasteiger partial charge on any atom is 0.0562 e. The second-order valence-electron chi connectivity index (χ2n) is 3.58. The zero-order chi connectivity index (χ0) is 13.0. The van der Waals surface area contributed by atoms with Crippen molar-refractivity contribution in [3.8, 4) is 0 Å².